The molecule has 0 saturated carbocycles. The number of pyridine rings is 1. The Labute approximate surface area is 106 Å². The second-order valence-electron chi connectivity index (χ2n) is 4.23. The number of carbonyl (C=O) groups is 1. The number of hydrogen-bond acceptors (Lipinski definition) is 2. The van der Waals surface area contributed by atoms with Crippen LogP contribution in [0.2, 0.25) is 0 Å². The van der Waals surface area contributed by atoms with Crippen LogP contribution in [0.5, 0.6) is 0 Å². The van der Waals surface area contributed by atoms with Gasteiger partial charge in [0.05, 0.1) is 11.3 Å². The van der Waals surface area contributed by atoms with Gasteiger partial charge in [-0.3, -0.25) is 4.98 Å². The highest BCUT2D eigenvalue weighted by molar-refractivity contribution is 5.91. The van der Waals surface area contributed by atoms with Crippen LogP contribution in [-0.2, 0) is 6.54 Å². The van der Waals surface area contributed by atoms with Crippen molar-refractivity contribution >= 4 is 5.97 Å². The summed E-state index contributed by atoms with van der Waals surface area (Å²) in [6, 6.07) is 5.53. The predicted octanol–water partition coefficient (Wildman–Crippen LogP) is 2.97. The molecule has 4 heteroatoms. The molecule has 2 aromatic rings. The van der Waals surface area contributed by atoms with Crippen molar-refractivity contribution in [2.24, 2.45) is 0 Å². The molecule has 0 spiro atoms. The molecule has 0 aromatic carbocycles. The molecule has 2 heterocycles. The molecule has 18 heavy (non-hydrogen) atoms. The van der Waals surface area contributed by atoms with Gasteiger partial charge in [0.1, 0.15) is 0 Å². The van der Waals surface area contributed by atoms with E-state index < -0.39 is 5.97 Å². The summed E-state index contributed by atoms with van der Waals surface area (Å²) in [5, 5.41) is 9.19. The first-order valence-electron chi connectivity index (χ1n) is 5.99. The van der Waals surface area contributed by atoms with Crippen molar-refractivity contribution in [3.63, 3.8) is 0 Å². The van der Waals surface area contributed by atoms with Crippen molar-refractivity contribution in [2.45, 2.75) is 26.8 Å². The maximum atomic E-state index is 11.2. The summed E-state index contributed by atoms with van der Waals surface area (Å²) in [6.45, 7) is 4.73. The van der Waals surface area contributed by atoms with Crippen LogP contribution in [0, 0.1) is 6.92 Å². The fourth-order valence-electron chi connectivity index (χ4n) is 2.13. The first-order valence-corrected chi connectivity index (χ1v) is 5.99. The maximum absolute atomic E-state index is 11.2. The van der Waals surface area contributed by atoms with Crippen molar-refractivity contribution in [1.29, 1.82) is 0 Å². The number of aromatic nitrogens is 2. The molecule has 0 aliphatic rings. The molecule has 0 atom stereocenters. The second kappa shape index (κ2) is 5.04. The van der Waals surface area contributed by atoms with Crippen molar-refractivity contribution in [3.05, 3.63) is 41.9 Å². The fraction of sp³-hybridized carbons (Fsp3) is 0.286. The van der Waals surface area contributed by atoms with Crippen LogP contribution in [0.3, 0.4) is 0 Å². The van der Waals surface area contributed by atoms with Crippen molar-refractivity contribution in [1.82, 2.24) is 9.55 Å². The molecule has 0 amide bonds. The van der Waals surface area contributed by atoms with Crippen LogP contribution in [0.25, 0.3) is 11.3 Å². The molecule has 1 N–H and O–H groups in total. The van der Waals surface area contributed by atoms with Gasteiger partial charge in [-0.25, -0.2) is 4.79 Å². The molecule has 4 nitrogen and oxygen atoms in total. The van der Waals surface area contributed by atoms with Crippen LogP contribution in [0.15, 0.2) is 30.6 Å². The van der Waals surface area contributed by atoms with Crippen LogP contribution in [0.1, 0.15) is 29.4 Å². The molecule has 94 valence electrons. The zero-order valence-electron chi connectivity index (χ0n) is 10.6. The lowest BCUT2D eigenvalue weighted by molar-refractivity contribution is 0.0696. The van der Waals surface area contributed by atoms with E-state index in [2.05, 4.69) is 11.9 Å². The normalized spacial score (nSPS) is 10.6. The SMILES string of the molecule is CCCn1c(-c2cccnc2)cc(C(=O)O)c1C. The summed E-state index contributed by atoms with van der Waals surface area (Å²) >= 11 is 0. The third kappa shape index (κ3) is 2.14. The molecule has 0 unspecified atom stereocenters. The van der Waals surface area contributed by atoms with E-state index in [1.807, 2.05) is 23.6 Å². The zero-order valence-corrected chi connectivity index (χ0v) is 10.6. The third-order valence-electron chi connectivity index (χ3n) is 3.00. The maximum Gasteiger partial charge on any atom is 0.337 e. The Morgan fingerprint density at radius 3 is 2.83 bits per heavy atom. The third-order valence-corrected chi connectivity index (χ3v) is 3.00. The van der Waals surface area contributed by atoms with Gasteiger partial charge in [-0.2, -0.15) is 0 Å². The Bertz CT molecular complexity index is 559. The van der Waals surface area contributed by atoms with Gasteiger partial charge in [0, 0.05) is 30.2 Å². The van der Waals surface area contributed by atoms with Gasteiger partial charge in [0.25, 0.3) is 0 Å². The van der Waals surface area contributed by atoms with E-state index in [0.29, 0.717) is 5.56 Å². The molecule has 0 radical (unpaired) electrons. The molecule has 2 rings (SSSR count). The highest BCUT2D eigenvalue weighted by atomic mass is 16.4. The minimum atomic E-state index is -0.882. The molecular weight excluding hydrogens is 228 g/mol. The van der Waals surface area contributed by atoms with E-state index in [4.69, 9.17) is 0 Å². The molecule has 2 aromatic heterocycles. The lowest BCUT2D eigenvalue weighted by Crippen LogP contribution is -2.04. The zero-order chi connectivity index (χ0) is 13.1. The van der Waals surface area contributed by atoms with Crippen molar-refractivity contribution in [3.8, 4) is 11.3 Å². The van der Waals surface area contributed by atoms with E-state index >= 15 is 0 Å². The summed E-state index contributed by atoms with van der Waals surface area (Å²) in [5.74, 6) is -0.882. The van der Waals surface area contributed by atoms with Crippen LogP contribution < -0.4 is 0 Å². The number of carboxylic acids is 1. The molecule has 0 bridgehead atoms. The van der Waals surface area contributed by atoms with Crippen LogP contribution in [0.4, 0.5) is 0 Å². The standard InChI is InChI=1S/C14H16N2O2/c1-3-7-16-10(2)12(14(17)18)8-13(16)11-5-4-6-15-9-11/h4-6,8-9H,3,7H2,1-2H3,(H,17,18). The largest absolute Gasteiger partial charge is 0.478 e. The highest BCUT2D eigenvalue weighted by Crippen LogP contribution is 2.25. The lowest BCUT2D eigenvalue weighted by Gasteiger charge is -2.10. The summed E-state index contributed by atoms with van der Waals surface area (Å²) in [5.41, 5.74) is 3.02. The van der Waals surface area contributed by atoms with Gasteiger partial charge in [-0.05, 0) is 31.5 Å². The number of nitrogens with zero attached hydrogens (tertiary/aromatic N) is 2. The van der Waals surface area contributed by atoms with Gasteiger partial charge in [0.2, 0.25) is 0 Å². The molecule has 0 saturated heterocycles. The molecule has 0 aliphatic carbocycles. The van der Waals surface area contributed by atoms with Crippen molar-refractivity contribution < 1.29 is 9.90 Å². The van der Waals surface area contributed by atoms with Gasteiger partial charge in [-0.15, -0.1) is 0 Å². The monoisotopic (exact) mass is 244 g/mol. The van der Waals surface area contributed by atoms with Gasteiger partial charge in [-0.1, -0.05) is 6.92 Å². The minimum absolute atomic E-state index is 0.363. The average Bonchev–Trinajstić information content (AvgIpc) is 2.69. The quantitative estimate of drug-likeness (QED) is 0.899. The average molecular weight is 244 g/mol. The van der Waals surface area contributed by atoms with Gasteiger partial charge >= 0.3 is 5.97 Å². The van der Waals surface area contributed by atoms with Gasteiger partial charge < -0.3 is 9.67 Å². The van der Waals surface area contributed by atoms with E-state index in [9.17, 15) is 9.90 Å². The van der Waals surface area contributed by atoms with E-state index in [1.54, 1.807) is 18.5 Å². The first kappa shape index (κ1) is 12.4. The Morgan fingerprint density at radius 1 is 1.50 bits per heavy atom. The number of aromatic carboxylic acids is 1. The van der Waals surface area contributed by atoms with E-state index in [-0.39, 0.29) is 0 Å². The summed E-state index contributed by atoms with van der Waals surface area (Å²) in [6.07, 6.45) is 4.43. The summed E-state index contributed by atoms with van der Waals surface area (Å²) in [7, 11) is 0. The Hall–Kier alpha value is -2.10. The number of rotatable bonds is 4. The Kier molecular flexibility index (Phi) is 3.46. The molecular formula is C14H16N2O2. The van der Waals surface area contributed by atoms with E-state index in [1.165, 1.54) is 0 Å². The van der Waals surface area contributed by atoms with Crippen LogP contribution >= 0.6 is 0 Å². The molecule has 0 fully saturated rings. The second-order valence-corrected chi connectivity index (χ2v) is 4.23. The molecule has 0 aliphatic heterocycles. The van der Waals surface area contributed by atoms with Crippen LogP contribution in [-0.4, -0.2) is 20.6 Å². The smallest absolute Gasteiger partial charge is 0.337 e. The summed E-state index contributed by atoms with van der Waals surface area (Å²) < 4.78 is 2.04. The summed E-state index contributed by atoms with van der Waals surface area (Å²) in [4.78, 5) is 15.3. The highest BCUT2D eigenvalue weighted by Gasteiger charge is 2.17. The van der Waals surface area contributed by atoms with Gasteiger partial charge in [0.15, 0.2) is 0 Å². The Morgan fingerprint density at radius 2 is 2.28 bits per heavy atom. The number of carboxylic acid groups (broad SMARTS) is 1. The Balaban J connectivity index is 2.59. The predicted molar refractivity (Wildman–Crippen MR) is 69.7 cm³/mol. The number of hydrogen-bond donors (Lipinski definition) is 1. The fourth-order valence-corrected chi connectivity index (χ4v) is 2.13. The van der Waals surface area contributed by atoms with E-state index in [0.717, 1.165) is 29.9 Å². The topological polar surface area (TPSA) is 55.1 Å². The van der Waals surface area contributed by atoms with Crippen molar-refractivity contribution in [2.75, 3.05) is 0 Å². The minimum Gasteiger partial charge on any atom is -0.478 e. The lowest BCUT2D eigenvalue weighted by atomic mass is 10.2. The first-order chi connectivity index (χ1) is 8.65.